The number of amides is 4. The third-order valence-corrected chi connectivity index (χ3v) is 6.00. The largest absolute Gasteiger partial charge is 0.493 e. The second-order valence-electron chi connectivity index (χ2n) is 8.20. The maximum absolute atomic E-state index is 13.2. The van der Waals surface area contributed by atoms with Crippen molar-refractivity contribution in [1.29, 1.82) is 5.26 Å². The van der Waals surface area contributed by atoms with E-state index < -0.39 is 17.8 Å². The molecule has 4 rings (SSSR count). The molecule has 0 aromatic heterocycles. The van der Waals surface area contributed by atoms with E-state index in [0.717, 1.165) is 4.90 Å². The van der Waals surface area contributed by atoms with Gasteiger partial charge in [-0.3, -0.25) is 14.9 Å². The quantitative estimate of drug-likeness (QED) is 0.245. The number of nitrogens with one attached hydrogen (secondary N) is 1. The fourth-order valence-corrected chi connectivity index (χ4v) is 4.07. The number of carbonyl (C=O) groups is 3. The van der Waals surface area contributed by atoms with Crippen LogP contribution >= 0.6 is 11.6 Å². The average molecular weight is 528 g/mol. The summed E-state index contributed by atoms with van der Waals surface area (Å²) in [4.78, 5) is 39.2. The van der Waals surface area contributed by atoms with Gasteiger partial charge < -0.3 is 9.47 Å². The fraction of sp³-hybridized carbons (Fsp3) is 0.103. The third kappa shape index (κ3) is 5.43. The van der Waals surface area contributed by atoms with Crippen LogP contribution in [0.15, 0.2) is 78.9 Å². The molecule has 0 atom stereocenters. The van der Waals surface area contributed by atoms with E-state index in [1.165, 1.54) is 37.5 Å². The number of imide groups is 2. The van der Waals surface area contributed by atoms with Crippen molar-refractivity contribution < 1.29 is 23.9 Å². The van der Waals surface area contributed by atoms with Crippen molar-refractivity contribution >= 4 is 41.2 Å². The summed E-state index contributed by atoms with van der Waals surface area (Å²) in [5, 5.41) is 12.0. The first kappa shape index (κ1) is 26.2. The molecule has 9 heteroatoms. The van der Waals surface area contributed by atoms with Crippen molar-refractivity contribution in [3.63, 3.8) is 0 Å². The van der Waals surface area contributed by atoms with Gasteiger partial charge in [0, 0.05) is 16.1 Å². The van der Waals surface area contributed by atoms with Gasteiger partial charge in [-0.05, 0) is 60.5 Å². The first-order chi connectivity index (χ1) is 18.4. The summed E-state index contributed by atoms with van der Waals surface area (Å²) < 4.78 is 11.6. The SMILES string of the molecule is C=CCc1cc(/C=C2\C(=O)NC(=O)N(c3ccc(Cl)cc3)C2=O)cc(OC)c1OCc1ccccc1C#N. The van der Waals surface area contributed by atoms with Gasteiger partial charge in [0.2, 0.25) is 0 Å². The van der Waals surface area contributed by atoms with Crippen LogP contribution in [-0.2, 0) is 22.6 Å². The van der Waals surface area contributed by atoms with E-state index >= 15 is 0 Å². The number of allylic oxidation sites excluding steroid dienone is 1. The molecule has 38 heavy (non-hydrogen) atoms. The maximum atomic E-state index is 13.2. The Bertz CT molecular complexity index is 1510. The summed E-state index contributed by atoms with van der Waals surface area (Å²) >= 11 is 5.92. The number of barbiturate groups is 1. The van der Waals surface area contributed by atoms with E-state index in [2.05, 4.69) is 18.0 Å². The van der Waals surface area contributed by atoms with E-state index in [-0.39, 0.29) is 17.9 Å². The number of nitriles is 1. The molecule has 4 amide bonds. The zero-order chi connectivity index (χ0) is 27.2. The van der Waals surface area contributed by atoms with Gasteiger partial charge in [0.25, 0.3) is 11.8 Å². The van der Waals surface area contributed by atoms with Gasteiger partial charge >= 0.3 is 6.03 Å². The van der Waals surface area contributed by atoms with Crippen LogP contribution in [0.2, 0.25) is 5.02 Å². The number of hydrogen-bond acceptors (Lipinski definition) is 6. The van der Waals surface area contributed by atoms with Crippen LogP contribution in [0.25, 0.3) is 6.08 Å². The number of carbonyl (C=O) groups excluding carboxylic acids is 3. The minimum atomic E-state index is -0.856. The average Bonchev–Trinajstić information content (AvgIpc) is 2.91. The highest BCUT2D eigenvalue weighted by Crippen LogP contribution is 2.35. The number of urea groups is 1. The summed E-state index contributed by atoms with van der Waals surface area (Å²) in [7, 11) is 1.47. The molecule has 190 valence electrons. The molecule has 3 aromatic carbocycles. The molecule has 0 spiro atoms. The van der Waals surface area contributed by atoms with Gasteiger partial charge in [0.1, 0.15) is 12.2 Å². The Balaban J connectivity index is 1.70. The van der Waals surface area contributed by atoms with E-state index in [9.17, 15) is 19.6 Å². The Morgan fingerprint density at radius 1 is 1.08 bits per heavy atom. The minimum absolute atomic E-state index is 0.129. The van der Waals surface area contributed by atoms with E-state index in [1.54, 1.807) is 36.4 Å². The number of anilines is 1. The number of nitrogens with zero attached hydrogens (tertiary/aromatic N) is 2. The van der Waals surface area contributed by atoms with Crippen LogP contribution in [0.3, 0.4) is 0 Å². The first-order valence-electron chi connectivity index (χ1n) is 11.5. The van der Waals surface area contributed by atoms with E-state index in [4.69, 9.17) is 21.1 Å². The Labute approximate surface area is 224 Å². The zero-order valence-corrected chi connectivity index (χ0v) is 21.1. The number of methoxy groups -OCH3 is 1. The lowest BCUT2D eigenvalue weighted by molar-refractivity contribution is -0.122. The summed E-state index contributed by atoms with van der Waals surface area (Å²) in [6, 6.07) is 17.9. The molecule has 0 aliphatic carbocycles. The van der Waals surface area contributed by atoms with Crippen LogP contribution < -0.4 is 19.7 Å². The van der Waals surface area contributed by atoms with Gasteiger partial charge in [0.15, 0.2) is 11.5 Å². The highest BCUT2D eigenvalue weighted by molar-refractivity contribution is 6.39. The molecule has 0 radical (unpaired) electrons. The normalized spacial score (nSPS) is 14.2. The van der Waals surface area contributed by atoms with E-state index in [1.807, 2.05) is 6.07 Å². The van der Waals surface area contributed by atoms with Crippen LogP contribution in [0.1, 0.15) is 22.3 Å². The molecule has 1 aliphatic rings. The van der Waals surface area contributed by atoms with Gasteiger partial charge in [0.05, 0.1) is 24.4 Å². The van der Waals surface area contributed by atoms with Gasteiger partial charge in [-0.2, -0.15) is 5.26 Å². The molecule has 1 aliphatic heterocycles. The Morgan fingerprint density at radius 2 is 1.82 bits per heavy atom. The Hall–Kier alpha value is -4.87. The summed E-state index contributed by atoms with van der Waals surface area (Å²) in [6.07, 6.45) is 3.47. The van der Waals surface area contributed by atoms with E-state index in [0.29, 0.717) is 45.2 Å². The Morgan fingerprint density at radius 3 is 2.50 bits per heavy atom. The van der Waals surface area contributed by atoms with Crippen molar-refractivity contribution in [2.75, 3.05) is 12.0 Å². The van der Waals surface area contributed by atoms with Gasteiger partial charge in [-0.15, -0.1) is 6.58 Å². The van der Waals surface area contributed by atoms with Crippen molar-refractivity contribution in [2.45, 2.75) is 13.0 Å². The number of benzene rings is 3. The maximum Gasteiger partial charge on any atom is 0.335 e. The van der Waals surface area contributed by atoms with Crippen molar-refractivity contribution in [3.05, 3.63) is 106 Å². The van der Waals surface area contributed by atoms with Crippen LogP contribution in [0.5, 0.6) is 11.5 Å². The molecule has 1 saturated heterocycles. The molecule has 3 aromatic rings. The van der Waals surface area contributed by atoms with Crippen LogP contribution in [-0.4, -0.2) is 25.0 Å². The summed E-state index contributed by atoms with van der Waals surface area (Å²) in [5.74, 6) is -0.791. The van der Waals surface area contributed by atoms with Gasteiger partial charge in [-0.25, -0.2) is 9.69 Å². The lowest BCUT2D eigenvalue weighted by atomic mass is 10.0. The topological polar surface area (TPSA) is 109 Å². The van der Waals surface area contributed by atoms with Crippen molar-refractivity contribution in [1.82, 2.24) is 5.32 Å². The lowest BCUT2D eigenvalue weighted by Gasteiger charge is -2.26. The molecular formula is C29H22ClN3O5. The monoisotopic (exact) mass is 527 g/mol. The van der Waals surface area contributed by atoms with Crippen LogP contribution in [0.4, 0.5) is 10.5 Å². The molecule has 0 unspecified atom stereocenters. The first-order valence-corrected chi connectivity index (χ1v) is 11.8. The van der Waals surface area contributed by atoms with Crippen molar-refractivity contribution in [3.8, 4) is 17.6 Å². The minimum Gasteiger partial charge on any atom is -0.493 e. The third-order valence-electron chi connectivity index (χ3n) is 5.75. The Kier molecular flexibility index (Phi) is 7.90. The van der Waals surface area contributed by atoms with Crippen LogP contribution in [0, 0.1) is 11.3 Å². The second kappa shape index (κ2) is 11.5. The number of ether oxygens (including phenoxy) is 2. The molecular weight excluding hydrogens is 506 g/mol. The lowest BCUT2D eigenvalue weighted by Crippen LogP contribution is -2.54. The summed E-state index contributed by atoms with van der Waals surface area (Å²) in [5.41, 5.74) is 2.41. The molecule has 8 nitrogen and oxygen atoms in total. The molecule has 1 heterocycles. The number of hydrogen-bond donors (Lipinski definition) is 1. The number of halogens is 1. The molecule has 1 N–H and O–H groups in total. The highest BCUT2D eigenvalue weighted by Gasteiger charge is 2.36. The molecule has 0 bridgehead atoms. The van der Waals surface area contributed by atoms with Crippen molar-refractivity contribution in [2.24, 2.45) is 0 Å². The highest BCUT2D eigenvalue weighted by atomic mass is 35.5. The molecule has 0 saturated carbocycles. The summed E-state index contributed by atoms with van der Waals surface area (Å²) in [6.45, 7) is 3.93. The smallest absolute Gasteiger partial charge is 0.335 e. The molecule has 1 fully saturated rings. The number of rotatable bonds is 8. The fourth-order valence-electron chi connectivity index (χ4n) is 3.94. The predicted octanol–water partition coefficient (Wildman–Crippen LogP) is 5.19. The predicted molar refractivity (Wildman–Crippen MR) is 143 cm³/mol. The van der Waals surface area contributed by atoms with Gasteiger partial charge in [-0.1, -0.05) is 35.9 Å². The second-order valence-corrected chi connectivity index (χ2v) is 8.63. The standard InChI is InChI=1S/C29H22ClN3O5/c1-3-6-19-13-18(15-25(37-2)26(19)38-17-21-8-5-4-7-20(21)16-31)14-24-27(34)32-29(36)33(28(24)35)23-11-9-22(30)10-12-23/h3-5,7-15H,1,6,17H2,2H3,(H,32,34,36)/b24-14+. The zero-order valence-electron chi connectivity index (χ0n) is 20.4.